The van der Waals surface area contributed by atoms with Gasteiger partial charge in [-0.25, -0.2) is 4.98 Å². The van der Waals surface area contributed by atoms with Gasteiger partial charge in [0.05, 0.1) is 24.2 Å². The van der Waals surface area contributed by atoms with Crippen LogP contribution in [0.15, 0.2) is 82.5 Å². The van der Waals surface area contributed by atoms with Crippen molar-refractivity contribution in [1.29, 1.82) is 0 Å². The average molecular weight is 584 g/mol. The summed E-state index contributed by atoms with van der Waals surface area (Å²) in [6.07, 6.45) is -2.82. The van der Waals surface area contributed by atoms with E-state index in [0.717, 1.165) is 32.5 Å². The summed E-state index contributed by atoms with van der Waals surface area (Å²) >= 11 is 9.37. The van der Waals surface area contributed by atoms with Crippen LogP contribution in [0.5, 0.6) is 5.75 Å². The van der Waals surface area contributed by atoms with Gasteiger partial charge in [-0.2, -0.15) is 0 Å². The molecule has 5 rings (SSSR count). The van der Waals surface area contributed by atoms with Crippen molar-refractivity contribution in [3.8, 4) is 17.0 Å². The number of benzene rings is 3. The molecule has 4 aromatic rings. The molecule has 0 amide bonds. The Balaban J connectivity index is 1.30. The Hall–Kier alpha value is -2.43. The number of nitrogens with zero attached hydrogens (tertiary/aromatic N) is 1. The maximum atomic E-state index is 11.3. The Bertz CT molecular complexity index is 1380. The number of aromatic nitrogens is 1. The molecule has 0 aliphatic carbocycles. The normalized spacial score (nSPS) is 23.1. The van der Waals surface area contributed by atoms with Gasteiger partial charge in [0.2, 0.25) is 0 Å². The first-order chi connectivity index (χ1) is 18.8. The minimum atomic E-state index is -1.65. The van der Waals surface area contributed by atoms with Crippen molar-refractivity contribution in [3.63, 3.8) is 0 Å². The van der Waals surface area contributed by atoms with E-state index in [1.165, 1.54) is 23.1 Å². The summed E-state index contributed by atoms with van der Waals surface area (Å²) in [6.45, 7) is 2.55. The molecule has 0 radical (unpaired) electrons. The van der Waals surface area contributed by atoms with Crippen LogP contribution < -0.4 is 4.74 Å². The van der Waals surface area contributed by atoms with Crippen LogP contribution in [-0.2, 0) is 11.2 Å². The molecule has 39 heavy (non-hydrogen) atoms. The van der Waals surface area contributed by atoms with Crippen molar-refractivity contribution >= 4 is 34.7 Å². The van der Waals surface area contributed by atoms with Gasteiger partial charge < -0.3 is 24.8 Å². The Kier molecular flexibility index (Phi) is 8.93. The van der Waals surface area contributed by atoms with E-state index in [0.29, 0.717) is 23.6 Å². The van der Waals surface area contributed by atoms with E-state index >= 15 is 0 Å². The third kappa shape index (κ3) is 6.84. The molecule has 2 heterocycles. The van der Waals surface area contributed by atoms with Crippen LogP contribution in [0.3, 0.4) is 0 Å². The summed E-state index contributed by atoms with van der Waals surface area (Å²) in [6, 6.07) is 23.1. The third-order valence-electron chi connectivity index (χ3n) is 6.58. The van der Waals surface area contributed by atoms with Crippen molar-refractivity contribution in [2.24, 2.45) is 0 Å². The van der Waals surface area contributed by atoms with Crippen LogP contribution >= 0.6 is 34.7 Å². The number of thioether (sulfide) groups is 1. The van der Waals surface area contributed by atoms with Gasteiger partial charge in [-0.15, -0.1) is 11.3 Å². The molecule has 4 atom stereocenters. The minimum Gasteiger partial charge on any atom is -0.494 e. The molecular formula is C30H30ClNO5S2. The van der Waals surface area contributed by atoms with Crippen LogP contribution in [0, 0.1) is 0 Å². The lowest BCUT2D eigenvalue weighted by molar-refractivity contribution is -0.291. The lowest BCUT2D eigenvalue weighted by Crippen LogP contribution is -2.52. The highest BCUT2D eigenvalue weighted by molar-refractivity contribution is 8.01. The zero-order valence-electron chi connectivity index (χ0n) is 21.4. The van der Waals surface area contributed by atoms with Gasteiger partial charge in [0.25, 0.3) is 0 Å². The molecule has 1 aliphatic heterocycles. The van der Waals surface area contributed by atoms with Crippen molar-refractivity contribution < 1.29 is 24.8 Å². The molecule has 1 aliphatic rings. The van der Waals surface area contributed by atoms with E-state index in [1.54, 1.807) is 12.1 Å². The summed E-state index contributed by atoms with van der Waals surface area (Å²) in [5, 5.41) is 35.4. The van der Waals surface area contributed by atoms with Crippen molar-refractivity contribution in [2.75, 3.05) is 12.4 Å². The topological polar surface area (TPSA) is 92.0 Å². The lowest BCUT2D eigenvalue weighted by Gasteiger charge is -2.42. The lowest BCUT2D eigenvalue weighted by atomic mass is 9.90. The number of thiazole rings is 1. The van der Waals surface area contributed by atoms with Crippen LogP contribution in [0.2, 0.25) is 5.02 Å². The van der Waals surface area contributed by atoms with Crippen LogP contribution in [0.1, 0.15) is 36.1 Å². The van der Waals surface area contributed by atoms with Gasteiger partial charge >= 0.3 is 0 Å². The Morgan fingerprint density at radius 3 is 2.62 bits per heavy atom. The van der Waals surface area contributed by atoms with E-state index in [1.807, 2.05) is 73.0 Å². The van der Waals surface area contributed by atoms with Gasteiger partial charge in [0.15, 0.2) is 10.1 Å². The minimum absolute atomic E-state index is 0.110. The standard InChI is InChI=1S/C30H30ClNO5S2/c1-2-36-23-11-8-19(9-12-23)14-22-15-21(10-13-24(22)31)28-27(34)26(33)16-30(35,37-28)18-39-29-32-25(17-38-29)20-6-4-3-5-7-20/h3-13,15,17,26-28,33-35H,2,14,16,18H2,1H3/t26-,27-,28+,30+/m1/s1. The zero-order chi connectivity index (χ0) is 27.4. The zero-order valence-corrected chi connectivity index (χ0v) is 23.8. The largest absolute Gasteiger partial charge is 0.494 e. The second kappa shape index (κ2) is 12.4. The quantitative estimate of drug-likeness (QED) is 0.205. The predicted molar refractivity (Wildman–Crippen MR) is 156 cm³/mol. The molecular weight excluding hydrogens is 554 g/mol. The second-order valence-electron chi connectivity index (χ2n) is 9.50. The number of aliphatic hydroxyl groups is 3. The molecule has 1 saturated heterocycles. The van der Waals surface area contributed by atoms with E-state index in [2.05, 4.69) is 4.98 Å². The molecule has 0 bridgehead atoms. The molecule has 1 aromatic heterocycles. The Morgan fingerprint density at radius 2 is 1.87 bits per heavy atom. The molecule has 3 aromatic carbocycles. The van der Waals surface area contributed by atoms with Gasteiger partial charge in [-0.1, -0.05) is 78.0 Å². The predicted octanol–water partition coefficient (Wildman–Crippen LogP) is 6.12. The molecule has 0 spiro atoms. The second-order valence-corrected chi connectivity index (χ2v) is 12.0. The van der Waals surface area contributed by atoms with Crippen LogP contribution in [0.4, 0.5) is 0 Å². The highest BCUT2D eigenvalue weighted by atomic mass is 35.5. The van der Waals surface area contributed by atoms with Gasteiger partial charge in [-0.05, 0) is 48.2 Å². The average Bonchev–Trinajstić information content (AvgIpc) is 3.42. The summed E-state index contributed by atoms with van der Waals surface area (Å²) in [5.41, 5.74) is 4.43. The Labute approximate surface area is 241 Å². The molecule has 3 N–H and O–H groups in total. The van der Waals surface area contributed by atoms with E-state index < -0.39 is 24.1 Å². The van der Waals surface area contributed by atoms with Gasteiger partial charge in [-0.3, -0.25) is 0 Å². The SMILES string of the molecule is CCOc1ccc(Cc2cc([C@@H]3O[C@](O)(CSc4nc(-c5ccccc5)cs4)C[C@@H](O)[C@H]3O)ccc2Cl)cc1. The van der Waals surface area contributed by atoms with Crippen LogP contribution in [0.25, 0.3) is 11.3 Å². The highest BCUT2D eigenvalue weighted by Crippen LogP contribution is 2.41. The van der Waals surface area contributed by atoms with Crippen molar-refractivity contribution in [2.45, 2.75) is 48.2 Å². The molecule has 6 nitrogen and oxygen atoms in total. The third-order valence-corrected chi connectivity index (χ3v) is 9.16. The first-order valence-corrected chi connectivity index (χ1v) is 15.0. The summed E-state index contributed by atoms with van der Waals surface area (Å²) in [5.74, 6) is -0.691. The Morgan fingerprint density at radius 1 is 1.10 bits per heavy atom. The summed E-state index contributed by atoms with van der Waals surface area (Å²) in [4.78, 5) is 4.66. The summed E-state index contributed by atoms with van der Waals surface area (Å²) in [7, 11) is 0. The molecule has 1 fully saturated rings. The number of aliphatic hydroxyl groups excluding tert-OH is 2. The number of hydrogen-bond acceptors (Lipinski definition) is 8. The highest BCUT2D eigenvalue weighted by Gasteiger charge is 2.46. The maximum absolute atomic E-state index is 11.3. The van der Waals surface area contributed by atoms with Crippen molar-refractivity contribution in [1.82, 2.24) is 4.98 Å². The fourth-order valence-electron chi connectivity index (χ4n) is 4.60. The van der Waals surface area contributed by atoms with Gasteiger partial charge in [0, 0.05) is 22.4 Å². The molecule has 0 unspecified atom stereocenters. The van der Waals surface area contributed by atoms with Gasteiger partial charge in [0.1, 0.15) is 18.0 Å². The smallest absolute Gasteiger partial charge is 0.178 e. The van der Waals surface area contributed by atoms with Crippen LogP contribution in [-0.4, -0.2) is 50.7 Å². The van der Waals surface area contributed by atoms with Crippen molar-refractivity contribution in [3.05, 3.63) is 99.9 Å². The number of hydrogen-bond donors (Lipinski definition) is 3. The fourth-order valence-corrected chi connectivity index (χ4v) is 6.63. The summed E-state index contributed by atoms with van der Waals surface area (Å²) < 4.78 is 12.4. The number of rotatable bonds is 9. The first-order valence-electron chi connectivity index (χ1n) is 12.7. The van der Waals surface area contributed by atoms with E-state index in [9.17, 15) is 15.3 Å². The molecule has 0 saturated carbocycles. The number of ether oxygens (including phenoxy) is 2. The molecule has 9 heteroatoms. The monoisotopic (exact) mass is 583 g/mol. The maximum Gasteiger partial charge on any atom is 0.178 e. The first kappa shape index (κ1) is 28.1. The van der Waals surface area contributed by atoms with E-state index in [4.69, 9.17) is 21.1 Å². The number of halogens is 1. The van der Waals surface area contributed by atoms with E-state index in [-0.39, 0.29) is 12.2 Å². The fraction of sp³-hybridized carbons (Fsp3) is 0.300. The molecule has 204 valence electrons.